The molecule has 3 aliphatic rings. The molecule has 186 valence electrons. The summed E-state index contributed by atoms with van der Waals surface area (Å²) in [6.45, 7) is -2.70. The lowest BCUT2D eigenvalue weighted by atomic mass is 9.81. The molecule has 6 rings (SSSR count). The number of esters is 1. The van der Waals surface area contributed by atoms with Crippen molar-refractivity contribution in [2.75, 3.05) is 6.54 Å². The number of benzene rings is 1. The first-order valence-corrected chi connectivity index (χ1v) is 11.4. The second-order valence-electron chi connectivity index (χ2n) is 9.30. The van der Waals surface area contributed by atoms with Gasteiger partial charge in [-0.15, -0.1) is 0 Å². The molecule has 1 amide bonds. The predicted octanol–water partition coefficient (Wildman–Crippen LogP) is 1.59. The molecule has 36 heavy (non-hydrogen) atoms. The number of nitrogens with zero attached hydrogens (tertiary/aromatic N) is 2. The summed E-state index contributed by atoms with van der Waals surface area (Å²) in [6.07, 6.45) is -2.65. The van der Waals surface area contributed by atoms with E-state index < -0.39 is 60.3 Å². The highest BCUT2D eigenvalue weighted by molar-refractivity contribution is 5.94. The van der Waals surface area contributed by atoms with E-state index in [9.17, 15) is 23.9 Å². The smallest absolute Gasteiger partial charge is 0.343 e. The number of halogens is 1. The summed E-state index contributed by atoms with van der Waals surface area (Å²) < 4.78 is 60.7. The number of aryl methyl sites for hydroxylation is 1. The molecule has 1 aromatic carbocycles. The maximum atomic E-state index is 15.0. The van der Waals surface area contributed by atoms with Crippen LogP contribution in [0.25, 0.3) is 22.3 Å². The molecule has 0 spiro atoms. The summed E-state index contributed by atoms with van der Waals surface area (Å²) in [4.78, 5) is 43.6. The van der Waals surface area contributed by atoms with Crippen molar-refractivity contribution in [3.8, 4) is 11.4 Å². The Morgan fingerprint density at radius 2 is 2.22 bits per heavy atom. The van der Waals surface area contributed by atoms with E-state index in [1.54, 1.807) is 6.92 Å². The van der Waals surface area contributed by atoms with Gasteiger partial charge in [-0.25, -0.2) is 14.2 Å². The molecule has 0 radical (unpaired) electrons. The van der Waals surface area contributed by atoms with Gasteiger partial charge in [0.05, 0.1) is 41.6 Å². The number of cyclic esters (lactones) is 1. The van der Waals surface area contributed by atoms with E-state index in [4.69, 9.17) is 17.3 Å². The Morgan fingerprint density at radius 1 is 1.42 bits per heavy atom. The fourth-order valence-electron chi connectivity index (χ4n) is 5.67. The Morgan fingerprint density at radius 3 is 2.97 bits per heavy atom. The summed E-state index contributed by atoms with van der Waals surface area (Å²) in [5.41, 5.74) is 3.56. The highest BCUT2D eigenvalue weighted by Crippen LogP contribution is 2.45. The Bertz CT molecular complexity index is 1770. The molecule has 2 aromatic heterocycles. The Labute approximate surface area is 212 Å². The third kappa shape index (κ3) is 2.88. The molecule has 2 aliphatic heterocycles. The average molecular weight is 498 g/mol. The van der Waals surface area contributed by atoms with Crippen molar-refractivity contribution < 1.29 is 30.7 Å². The van der Waals surface area contributed by atoms with Gasteiger partial charge in [0, 0.05) is 29.4 Å². The number of pyridine rings is 2. The number of carbonyl (C=O) groups is 2. The third-order valence-corrected chi connectivity index (χ3v) is 7.47. The SMILES string of the molecule is [2H]C([2H])([2H])C([2H])([2H])[C@@]1(O)C(=O)OCc2c1cc1n(c2=O)Cc2c-1nc1cc(F)c(C)c3c1c2[C@@H](NC(=O)CN)CC3. The summed E-state index contributed by atoms with van der Waals surface area (Å²) in [5, 5.41) is 15.0. The number of nitrogens with one attached hydrogen (secondary N) is 1. The van der Waals surface area contributed by atoms with Crippen molar-refractivity contribution in [1.29, 1.82) is 0 Å². The minimum Gasteiger partial charge on any atom is -0.458 e. The maximum Gasteiger partial charge on any atom is 0.343 e. The number of ether oxygens (including phenoxy) is 1. The first-order valence-electron chi connectivity index (χ1n) is 13.9. The van der Waals surface area contributed by atoms with Crippen LogP contribution in [0.1, 0.15) is 65.9 Å². The molecule has 3 aromatic rings. The van der Waals surface area contributed by atoms with Crippen LogP contribution in [0.3, 0.4) is 0 Å². The second kappa shape index (κ2) is 7.68. The lowest BCUT2D eigenvalue weighted by molar-refractivity contribution is -0.172. The molecule has 10 heteroatoms. The van der Waals surface area contributed by atoms with Crippen molar-refractivity contribution in [2.24, 2.45) is 5.73 Å². The molecular weight excluding hydrogens is 467 g/mol. The van der Waals surface area contributed by atoms with E-state index in [1.807, 2.05) is 0 Å². The van der Waals surface area contributed by atoms with Crippen molar-refractivity contribution >= 4 is 22.8 Å². The minimum atomic E-state index is -3.53. The predicted molar refractivity (Wildman–Crippen MR) is 127 cm³/mol. The van der Waals surface area contributed by atoms with Crippen LogP contribution in [-0.4, -0.2) is 33.1 Å². The summed E-state index contributed by atoms with van der Waals surface area (Å²) in [6, 6.07) is 1.90. The first kappa shape index (κ1) is 17.7. The van der Waals surface area contributed by atoms with Gasteiger partial charge in [0.2, 0.25) is 5.91 Å². The summed E-state index contributed by atoms with van der Waals surface area (Å²) in [7, 11) is 0. The number of aromatic nitrogens is 2. The molecule has 4 N–H and O–H groups in total. The molecular formula is C26H25FN4O5. The van der Waals surface area contributed by atoms with Crippen LogP contribution in [0.15, 0.2) is 16.9 Å². The molecule has 4 heterocycles. The lowest BCUT2D eigenvalue weighted by Gasteiger charge is -2.31. The first-order chi connectivity index (χ1) is 19.1. The third-order valence-electron chi connectivity index (χ3n) is 7.47. The molecule has 9 nitrogen and oxygen atoms in total. The van der Waals surface area contributed by atoms with E-state index in [2.05, 4.69) is 10.3 Å². The zero-order valence-electron chi connectivity index (χ0n) is 24.2. The zero-order valence-corrected chi connectivity index (χ0v) is 19.2. The molecule has 1 aliphatic carbocycles. The fourth-order valence-corrected chi connectivity index (χ4v) is 5.67. The number of nitrogens with two attached hydrogens (primary N) is 1. The van der Waals surface area contributed by atoms with E-state index in [0.29, 0.717) is 34.9 Å². The Hall–Kier alpha value is -3.63. The quantitative estimate of drug-likeness (QED) is 0.366. The van der Waals surface area contributed by atoms with Gasteiger partial charge >= 0.3 is 5.97 Å². The van der Waals surface area contributed by atoms with Gasteiger partial charge < -0.3 is 25.5 Å². The summed E-state index contributed by atoms with van der Waals surface area (Å²) in [5.74, 6) is -2.44. The normalized spacial score (nSPS) is 24.4. The minimum absolute atomic E-state index is 0.0293. The van der Waals surface area contributed by atoms with Crippen LogP contribution in [0.4, 0.5) is 4.39 Å². The van der Waals surface area contributed by atoms with Crippen molar-refractivity contribution in [3.05, 3.63) is 61.7 Å². The molecule has 0 unspecified atom stereocenters. The highest BCUT2D eigenvalue weighted by atomic mass is 19.1. The zero-order chi connectivity index (χ0) is 29.8. The van der Waals surface area contributed by atoms with Crippen molar-refractivity contribution in [3.63, 3.8) is 0 Å². The average Bonchev–Trinajstić information content (AvgIpc) is 3.28. The van der Waals surface area contributed by atoms with Gasteiger partial charge in [-0.2, -0.15) is 0 Å². The van der Waals surface area contributed by atoms with Gasteiger partial charge in [0.1, 0.15) is 12.4 Å². The van der Waals surface area contributed by atoms with Gasteiger partial charge in [-0.05, 0) is 48.9 Å². The van der Waals surface area contributed by atoms with E-state index >= 15 is 0 Å². The van der Waals surface area contributed by atoms with Crippen LogP contribution < -0.4 is 16.6 Å². The number of amides is 1. The van der Waals surface area contributed by atoms with Gasteiger partial charge in [0.15, 0.2) is 5.60 Å². The Balaban J connectivity index is 1.66. The van der Waals surface area contributed by atoms with Crippen LogP contribution in [0.5, 0.6) is 0 Å². The molecule has 0 fully saturated rings. The van der Waals surface area contributed by atoms with Gasteiger partial charge in [-0.3, -0.25) is 9.59 Å². The van der Waals surface area contributed by atoms with Crippen LogP contribution in [0, 0.1) is 12.7 Å². The second-order valence-corrected chi connectivity index (χ2v) is 9.30. The number of fused-ring (bicyclic) bond motifs is 5. The molecule has 2 atom stereocenters. The van der Waals surface area contributed by atoms with Crippen molar-refractivity contribution in [1.82, 2.24) is 14.9 Å². The van der Waals surface area contributed by atoms with Crippen LogP contribution in [0.2, 0.25) is 0 Å². The van der Waals surface area contributed by atoms with Gasteiger partial charge in [-0.1, -0.05) is 6.85 Å². The fraction of sp³-hybridized carbons (Fsp3) is 0.385. The number of aliphatic hydroxyl groups is 1. The van der Waals surface area contributed by atoms with Crippen molar-refractivity contribution in [2.45, 2.75) is 57.8 Å². The highest BCUT2D eigenvalue weighted by Gasteiger charge is 2.46. The standard InChI is InChI=1S/C26H25FN4O5/c1-3-26(35)15-6-19-23-13(9-31(19)24(33)14(15)10-36-25(26)34)22-17(29-20(32)8-28)5-4-12-11(2)16(27)7-18(30-23)21(12)22/h6-7,17,35H,3-5,8-10,28H2,1-2H3,(H,29,32)/t17-,26-/m0/s1/i1D3,3D2. The topological polar surface area (TPSA) is 137 Å². The monoisotopic (exact) mass is 497 g/mol. The summed E-state index contributed by atoms with van der Waals surface area (Å²) >= 11 is 0. The molecule has 0 saturated heterocycles. The Kier molecular flexibility index (Phi) is 3.79. The van der Waals surface area contributed by atoms with Gasteiger partial charge in [0.25, 0.3) is 5.56 Å². The number of hydrogen-bond donors (Lipinski definition) is 3. The van der Waals surface area contributed by atoms with Crippen LogP contribution in [-0.2, 0) is 39.5 Å². The number of hydrogen-bond acceptors (Lipinski definition) is 7. The van der Waals surface area contributed by atoms with E-state index in [-0.39, 0.29) is 35.6 Å². The van der Waals surface area contributed by atoms with E-state index in [1.165, 1.54) is 16.7 Å². The number of rotatable bonds is 3. The number of carbonyl (C=O) groups excluding carboxylic acids is 2. The van der Waals surface area contributed by atoms with E-state index in [0.717, 1.165) is 5.56 Å². The molecule has 0 saturated carbocycles. The molecule has 0 bridgehead atoms. The maximum absolute atomic E-state index is 15.0. The lowest BCUT2D eigenvalue weighted by Crippen LogP contribution is -2.44. The largest absolute Gasteiger partial charge is 0.458 e. The van der Waals surface area contributed by atoms with Crippen LogP contribution >= 0.6 is 0 Å².